The van der Waals surface area contributed by atoms with Crippen LogP contribution in [-0.4, -0.2) is 60.1 Å². The Labute approximate surface area is 198 Å². The number of thiocarbonyl (C=S) groups is 1. The van der Waals surface area contributed by atoms with E-state index in [1.54, 1.807) is 36.1 Å². The lowest BCUT2D eigenvalue weighted by Gasteiger charge is -2.36. The Hall–Kier alpha value is -3.46. The van der Waals surface area contributed by atoms with Crippen LogP contribution in [0.25, 0.3) is 0 Å². The van der Waals surface area contributed by atoms with E-state index in [0.29, 0.717) is 31.0 Å². The summed E-state index contributed by atoms with van der Waals surface area (Å²) in [5.74, 6) is -0.576. The van der Waals surface area contributed by atoms with Crippen LogP contribution in [-0.2, 0) is 20.7 Å². The first-order valence-corrected chi connectivity index (χ1v) is 11.2. The average molecular weight is 470 g/mol. The van der Waals surface area contributed by atoms with Crippen molar-refractivity contribution in [3.8, 4) is 5.75 Å². The van der Waals surface area contributed by atoms with Crippen molar-refractivity contribution in [2.75, 3.05) is 26.3 Å². The maximum absolute atomic E-state index is 12.7. The molecule has 8 nitrogen and oxygen atoms in total. The van der Waals surface area contributed by atoms with Gasteiger partial charge in [0, 0.05) is 25.1 Å². The first kappa shape index (κ1) is 24.2. The normalized spacial score (nSPS) is 15.4. The van der Waals surface area contributed by atoms with Crippen LogP contribution < -0.4 is 15.4 Å². The number of carbonyl (C=O) groups is 3. The molecule has 1 saturated heterocycles. The Morgan fingerprint density at radius 1 is 1.15 bits per heavy atom. The van der Waals surface area contributed by atoms with Gasteiger partial charge in [0.15, 0.2) is 5.11 Å². The van der Waals surface area contributed by atoms with Crippen molar-refractivity contribution >= 4 is 35.1 Å². The van der Waals surface area contributed by atoms with Crippen LogP contribution in [0.15, 0.2) is 54.6 Å². The molecule has 0 bridgehead atoms. The molecule has 0 spiro atoms. The molecule has 0 radical (unpaired) electrons. The van der Waals surface area contributed by atoms with Crippen LogP contribution in [0.1, 0.15) is 29.3 Å². The molecular weight excluding hydrogens is 442 g/mol. The number of rotatable bonds is 8. The van der Waals surface area contributed by atoms with Crippen molar-refractivity contribution in [2.45, 2.75) is 25.8 Å². The maximum atomic E-state index is 12.7. The fraction of sp³-hybridized carbons (Fsp3) is 0.333. The van der Waals surface area contributed by atoms with Crippen LogP contribution in [0.5, 0.6) is 5.75 Å². The zero-order valence-electron chi connectivity index (χ0n) is 18.4. The molecule has 2 amide bonds. The molecule has 0 aromatic heterocycles. The highest BCUT2D eigenvalue weighted by Gasteiger charge is 2.34. The van der Waals surface area contributed by atoms with Crippen molar-refractivity contribution in [2.24, 2.45) is 0 Å². The van der Waals surface area contributed by atoms with Crippen molar-refractivity contribution in [3.63, 3.8) is 0 Å². The van der Waals surface area contributed by atoms with E-state index in [2.05, 4.69) is 10.6 Å². The van der Waals surface area contributed by atoms with Gasteiger partial charge in [-0.25, -0.2) is 0 Å². The highest BCUT2D eigenvalue weighted by atomic mass is 32.1. The van der Waals surface area contributed by atoms with E-state index in [1.165, 1.54) is 5.56 Å². The first-order valence-electron chi connectivity index (χ1n) is 10.8. The molecule has 1 aliphatic heterocycles. The summed E-state index contributed by atoms with van der Waals surface area (Å²) >= 11 is 5.36. The van der Waals surface area contributed by atoms with Crippen LogP contribution in [0.3, 0.4) is 0 Å². The maximum Gasteiger partial charge on any atom is 0.308 e. The molecule has 2 aromatic rings. The van der Waals surface area contributed by atoms with Crippen molar-refractivity contribution in [1.29, 1.82) is 0 Å². The molecule has 1 unspecified atom stereocenters. The number of nitrogens with zero attached hydrogens (tertiary/aromatic N) is 1. The van der Waals surface area contributed by atoms with Gasteiger partial charge in [0.25, 0.3) is 5.91 Å². The fourth-order valence-corrected chi connectivity index (χ4v) is 3.72. The summed E-state index contributed by atoms with van der Waals surface area (Å²) in [5.41, 5.74) is 1.59. The summed E-state index contributed by atoms with van der Waals surface area (Å²) in [6.45, 7) is 3.19. The summed E-state index contributed by atoms with van der Waals surface area (Å²) in [6.07, 6.45) is 0.637. The van der Waals surface area contributed by atoms with Gasteiger partial charge in [0.1, 0.15) is 11.8 Å². The summed E-state index contributed by atoms with van der Waals surface area (Å²) < 4.78 is 10.7. The molecule has 1 fully saturated rings. The highest BCUT2D eigenvalue weighted by molar-refractivity contribution is 7.80. The Morgan fingerprint density at radius 2 is 1.88 bits per heavy atom. The van der Waals surface area contributed by atoms with Crippen LogP contribution in [0, 0.1) is 0 Å². The van der Waals surface area contributed by atoms with E-state index < -0.39 is 17.9 Å². The van der Waals surface area contributed by atoms with Crippen LogP contribution in [0.4, 0.5) is 0 Å². The van der Waals surface area contributed by atoms with Gasteiger partial charge in [-0.2, -0.15) is 0 Å². The van der Waals surface area contributed by atoms with Gasteiger partial charge in [-0.1, -0.05) is 30.3 Å². The van der Waals surface area contributed by atoms with Crippen LogP contribution >= 0.6 is 12.2 Å². The lowest BCUT2D eigenvalue weighted by Crippen LogP contribution is -2.60. The Balaban J connectivity index is 1.54. The molecule has 1 aliphatic rings. The minimum atomic E-state index is -0.828. The first-order chi connectivity index (χ1) is 16.0. The molecule has 9 heteroatoms. The van der Waals surface area contributed by atoms with Crippen LogP contribution in [0.2, 0.25) is 0 Å². The highest BCUT2D eigenvalue weighted by Crippen LogP contribution is 2.14. The van der Waals surface area contributed by atoms with E-state index >= 15 is 0 Å². The van der Waals surface area contributed by atoms with Gasteiger partial charge in [-0.15, -0.1) is 0 Å². The summed E-state index contributed by atoms with van der Waals surface area (Å²) in [4.78, 5) is 38.4. The van der Waals surface area contributed by atoms with Gasteiger partial charge < -0.3 is 19.7 Å². The largest absolute Gasteiger partial charge is 0.493 e. The number of piperazine rings is 1. The lowest BCUT2D eigenvalue weighted by molar-refractivity contribution is -0.147. The quantitative estimate of drug-likeness (QED) is 0.451. The standard InChI is InChI=1S/C24H27N3O5S/c1-2-31-21(28)16-20-23(30)25-13-14-27(20)24(33)26-22(29)18-8-10-19(11-9-18)32-15-12-17-6-4-3-5-7-17/h3-11,20H,2,12-16H2,1H3,(H,25,30)(H,26,29,33). The summed E-state index contributed by atoms with van der Waals surface area (Å²) in [7, 11) is 0. The van der Waals surface area contributed by atoms with E-state index in [1.807, 2.05) is 30.3 Å². The Morgan fingerprint density at radius 3 is 2.58 bits per heavy atom. The molecule has 174 valence electrons. The van der Waals surface area contributed by atoms with E-state index in [-0.39, 0.29) is 24.0 Å². The minimum absolute atomic E-state index is 0.0901. The number of esters is 1. The molecule has 2 N–H and O–H groups in total. The van der Waals surface area contributed by atoms with Gasteiger partial charge in [0.2, 0.25) is 5.91 Å². The van der Waals surface area contributed by atoms with Crippen molar-refractivity contribution in [3.05, 3.63) is 65.7 Å². The summed E-state index contributed by atoms with van der Waals surface area (Å²) in [6, 6.07) is 16.0. The lowest BCUT2D eigenvalue weighted by atomic mass is 10.1. The van der Waals surface area contributed by atoms with Crippen molar-refractivity contribution in [1.82, 2.24) is 15.5 Å². The third-order valence-corrected chi connectivity index (χ3v) is 5.43. The number of hydrogen-bond donors (Lipinski definition) is 2. The molecule has 0 saturated carbocycles. The molecular formula is C24H27N3O5S. The zero-order valence-corrected chi connectivity index (χ0v) is 19.2. The zero-order chi connectivity index (χ0) is 23.6. The summed E-state index contributed by atoms with van der Waals surface area (Å²) in [5, 5.41) is 5.45. The van der Waals surface area contributed by atoms with Gasteiger partial charge in [0.05, 0.1) is 19.6 Å². The third-order valence-electron chi connectivity index (χ3n) is 5.10. The third kappa shape index (κ3) is 7.01. The number of ether oxygens (including phenoxy) is 2. The van der Waals surface area contributed by atoms with Gasteiger partial charge in [-0.05, 0) is 49.0 Å². The second kappa shape index (κ2) is 12.0. The molecule has 2 aromatic carbocycles. The number of hydrogen-bond acceptors (Lipinski definition) is 6. The predicted octanol–water partition coefficient (Wildman–Crippen LogP) is 2.08. The molecule has 0 aliphatic carbocycles. The monoisotopic (exact) mass is 469 g/mol. The number of carbonyl (C=O) groups excluding carboxylic acids is 3. The number of benzene rings is 2. The number of amides is 2. The van der Waals surface area contributed by atoms with Gasteiger partial charge in [-0.3, -0.25) is 19.7 Å². The molecule has 33 heavy (non-hydrogen) atoms. The van der Waals surface area contributed by atoms with Crippen molar-refractivity contribution < 1.29 is 23.9 Å². The van der Waals surface area contributed by atoms with E-state index in [0.717, 1.165) is 6.42 Å². The Bertz CT molecular complexity index is 981. The fourth-order valence-electron chi connectivity index (χ4n) is 3.41. The topological polar surface area (TPSA) is 97.0 Å². The SMILES string of the molecule is CCOC(=O)CC1C(=O)NCCN1C(=S)NC(=O)c1ccc(OCCc2ccccc2)cc1. The molecule has 1 heterocycles. The minimum Gasteiger partial charge on any atom is -0.493 e. The second-order valence-corrected chi connectivity index (χ2v) is 7.76. The van der Waals surface area contributed by atoms with Gasteiger partial charge >= 0.3 is 5.97 Å². The van der Waals surface area contributed by atoms with E-state index in [9.17, 15) is 14.4 Å². The number of nitrogens with one attached hydrogen (secondary N) is 2. The van der Waals surface area contributed by atoms with E-state index in [4.69, 9.17) is 21.7 Å². The Kier molecular flexibility index (Phi) is 8.77. The average Bonchev–Trinajstić information content (AvgIpc) is 2.81. The predicted molar refractivity (Wildman–Crippen MR) is 127 cm³/mol. The molecule has 3 rings (SSSR count). The smallest absolute Gasteiger partial charge is 0.308 e. The molecule has 1 atom stereocenters. The second-order valence-electron chi connectivity index (χ2n) is 7.38.